The van der Waals surface area contributed by atoms with Gasteiger partial charge in [0.05, 0.1) is 22.7 Å². The number of hydrogen-bond donors (Lipinski definition) is 2. The summed E-state index contributed by atoms with van der Waals surface area (Å²) in [5.41, 5.74) is 5.79. The molecular weight excluding hydrogens is 308 g/mol. The van der Waals surface area contributed by atoms with E-state index in [9.17, 15) is 13.2 Å². The van der Waals surface area contributed by atoms with Gasteiger partial charge in [0.15, 0.2) is 9.84 Å². The molecule has 1 aromatic carbocycles. The zero-order chi connectivity index (χ0) is 15.3. The fraction of sp³-hybridized carbons (Fsp3) is 0.357. The first-order valence-corrected chi connectivity index (χ1v) is 9.23. The van der Waals surface area contributed by atoms with Crippen molar-refractivity contribution in [2.24, 2.45) is 0 Å². The lowest BCUT2D eigenvalue weighted by Crippen LogP contribution is -2.46. The third-order valence-electron chi connectivity index (χ3n) is 3.76. The predicted molar refractivity (Wildman–Crippen MR) is 85.4 cm³/mol. The number of fused-ring (bicyclic) bond motifs is 1. The van der Waals surface area contributed by atoms with Crippen LogP contribution in [-0.2, 0) is 9.84 Å². The van der Waals surface area contributed by atoms with Crippen LogP contribution in [0.3, 0.4) is 0 Å². The van der Waals surface area contributed by atoms with E-state index in [1.54, 1.807) is 6.92 Å². The lowest BCUT2D eigenvalue weighted by atomic mass is 10.0. The largest absolute Gasteiger partial charge is 0.397 e. The number of nitrogens with one attached hydrogen (secondary N) is 1. The highest BCUT2D eigenvalue weighted by Crippen LogP contribution is 2.34. The minimum absolute atomic E-state index is 0.0173. The first kappa shape index (κ1) is 14.3. The van der Waals surface area contributed by atoms with Crippen molar-refractivity contribution in [3.8, 4) is 0 Å². The molecule has 2 heterocycles. The Bertz CT molecular complexity index is 826. The number of amides is 1. The molecule has 1 saturated heterocycles. The highest BCUT2D eigenvalue weighted by Gasteiger charge is 2.40. The van der Waals surface area contributed by atoms with Crippen molar-refractivity contribution >= 4 is 42.9 Å². The molecular formula is C14H16N2O3S2. The molecule has 1 aliphatic rings. The van der Waals surface area contributed by atoms with E-state index in [0.29, 0.717) is 17.0 Å². The molecule has 1 amide bonds. The molecule has 1 fully saturated rings. The zero-order valence-electron chi connectivity index (χ0n) is 11.5. The molecule has 0 radical (unpaired) electrons. The second-order valence-electron chi connectivity index (χ2n) is 5.70. The number of carbonyl (C=O) groups is 1. The third-order valence-corrected chi connectivity index (χ3v) is 6.85. The molecule has 1 aromatic heterocycles. The minimum atomic E-state index is -3.06. The number of thiophene rings is 1. The van der Waals surface area contributed by atoms with Gasteiger partial charge in [0.2, 0.25) is 0 Å². The van der Waals surface area contributed by atoms with Crippen LogP contribution in [0.4, 0.5) is 5.69 Å². The van der Waals surface area contributed by atoms with Crippen molar-refractivity contribution in [1.82, 2.24) is 5.32 Å². The molecule has 0 spiro atoms. The Labute approximate surface area is 127 Å². The van der Waals surface area contributed by atoms with Crippen molar-refractivity contribution < 1.29 is 13.2 Å². The van der Waals surface area contributed by atoms with E-state index in [4.69, 9.17) is 5.73 Å². The Kier molecular flexibility index (Phi) is 3.22. The van der Waals surface area contributed by atoms with Gasteiger partial charge in [-0.1, -0.05) is 18.2 Å². The summed E-state index contributed by atoms with van der Waals surface area (Å²) in [4.78, 5) is 12.9. The van der Waals surface area contributed by atoms with Gasteiger partial charge in [0.1, 0.15) is 4.88 Å². The Morgan fingerprint density at radius 1 is 1.38 bits per heavy atom. The van der Waals surface area contributed by atoms with Gasteiger partial charge in [0, 0.05) is 10.1 Å². The molecule has 5 nitrogen and oxygen atoms in total. The molecule has 7 heteroatoms. The van der Waals surface area contributed by atoms with Crippen LogP contribution in [0.2, 0.25) is 0 Å². The van der Waals surface area contributed by atoms with E-state index < -0.39 is 15.4 Å². The Hall–Kier alpha value is -1.60. The van der Waals surface area contributed by atoms with Crippen LogP contribution in [0, 0.1) is 0 Å². The van der Waals surface area contributed by atoms with Crippen molar-refractivity contribution in [2.45, 2.75) is 18.9 Å². The molecule has 1 aliphatic heterocycles. The molecule has 3 N–H and O–H groups in total. The summed E-state index contributed by atoms with van der Waals surface area (Å²) >= 11 is 1.33. The van der Waals surface area contributed by atoms with Crippen molar-refractivity contribution in [1.29, 1.82) is 0 Å². The normalized spacial score (nSPS) is 24.2. The number of sulfone groups is 1. The fourth-order valence-corrected chi connectivity index (χ4v) is 5.79. The van der Waals surface area contributed by atoms with Crippen LogP contribution >= 0.6 is 11.3 Å². The van der Waals surface area contributed by atoms with Gasteiger partial charge < -0.3 is 11.1 Å². The number of nitrogens with two attached hydrogens (primary N) is 1. The molecule has 112 valence electrons. The van der Waals surface area contributed by atoms with Gasteiger partial charge in [-0.3, -0.25) is 4.79 Å². The maximum absolute atomic E-state index is 12.4. The summed E-state index contributed by atoms with van der Waals surface area (Å²) in [6.07, 6.45) is 0.436. The Morgan fingerprint density at radius 3 is 2.71 bits per heavy atom. The quantitative estimate of drug-likeness (QED) is 0.881. The Morgan fingerprint density at radius 2 is 2.10 bits per heavy atom. The van der Waals surface area contributed by atoms with E-state index in [0.717, 1.165) is 10.1 Å². The van der Waals surface area contributed by atoms with Crippen LogP contribution < -0.4 is 11.1 Å². The van der Waals surface area contributed by atoms with Crippen LogP contribution in [0.5, 0.6) is 0 Å². The van der Waals surface area contributed by atoms with Gasteiger partial charge in [-0.15, -0.1) is 11.3 Å². The predicted octanol–water partition coefficient (Wildman–Crippen LogP) is 1.79. The lowest BCUT2D eigenvalue weighted by Gasteiger charge is -2.23. The van der Waals surface area contributed by atoms with E-state index in [2.05, 4.69) is 5.32 Å². The summed E-state index contributed by atoms with van der Waals surface area (Å²) in [5.74, 6) is -0.198. The number of carbonyl (C=O) groups excluding carboxylic acids is 1. The molecule has 21 heavy (non-hydrogen) atoms. The van der Waals surface area contributed by atoms with Crippen LogP contribution in [0.15, 0.2) is 24.3 Å². The molecule has 1 unspecified atom stereocenters. The van der Waals surface area contributed by atoms with Gasteiger partial charge in [-0.2, -0.15) is 0 Å². The summed E-state index contributed by atoms with van der Waals surface area (Å²) in [6, 6.07) is 7.55. The van der Waals surface area contributed by atoms with Crippen LogP contribution in [0.25, 0.3) is 10.1 Å². The van der Waals surface area contributed by atoms with Crippen molar-refractivity contribution in [3.63, 3.8) is 0 Å². The first-order valence-electron chi connectivity index (χ1n) is 6.60. The second-order valence-corrected chi connectivity index (χ2v) is 8.93. The SMILES string of the molecule is CC1(NC(=O)c2sc3ccccc3c2N)CCS(=O)(=O)C1. The topological polar surface area (TPSA) is 89.3 Å². The van der Waals surface area contributed by atoms with Gasteiger partial charge in [-0.25, -0.2) is 8.42 Å². The van der Waals surface area contributed by atoms with Crippen molar-refractivity contribution in [2.75, 3.05) is 17.2 Å². The zero-order valence-corrected chi connectivity index (χ0v) is 13.2. The number of nitrogen functional groups attached to an aromatic ring is 1. The summed E-state index contributed by atoms with van der Waals surface area (Å²) < 4.78 is 24.1. The summed E-state index contributed by atoms with van der Waals surface area (Å²) in [6.45, 7) is 1.76. The third kappa shape index (κ3) is 2.63. The highest BCUT2D eigenvalue weighted by molar-refractivity contribution is 7.91. The Balaban J connectivity index is 1.90. The van der Waals surface area contributed by atoms with E-state index in [1.165, 1.54) is 11.3 Å². The van der Waals surface area contributed by atoms with Gasteiger partial charge >= 0.3 is 0 Å². The van der Waals surface area contributed by atoms with E-state index in [-0.39, 0.29) is 17.4 Å². The molecule has 0 aliphatic carbocycles. The van der Waals surface area contributed by atoms with E-state index in [1.807, 2.05) is 24.3 Å². The molecule has 2 aromatic rings. The maximum Gasteiger partial charge on any atom is 0.263 e. The standard InChI is InChI=1S/C14H16N2O3S2/c1-14(6-7-21(18,19)8-14)16-13(17)12-11(15)9-4-2-3-5-10(9)20-12/h2-5H,6-8,15H2,1H3,(H,16,17). The molecule has 1 atom stereocenters. The minimum Gasteiger partial charge on any atom is -0.397 e. The van der Waals surface area contributed by atoms with E-state index >= 15 is 0 Å². The smallest absolute Gasteiger partial charge is 0.263 e. The maximum atomic E-state index is 12.4. The number of rotatable bonds is 2. The molecule has 3 rings (SSSR count). The van der Waals surface area contributed by atoms with Crippen molar-refractivity contribution in [3.05, 3.63) is 29.1 Å². The number of anilines is 1. The van der Waals surface area contributed by atoms with Crippen LogP contribution in [0.1, 0.15) is 23.0 Å². The lowest BCUT2D eigenvalue weighted by molar-refractivity contribution is 0.0920. The monoisotopic (exact) mass is 324 g/mol. The fourth-order valence-electron chi connectivity index (χ4n) is 2.67. The second kappa shape index (κ2) is 4.71. The van der Waals surface area contributed by atoms with Gasteiger partial charge in [-0.05, 0) is 19.4 Å². The highest BCUT2D eigenvalue weighted by atomic mass is 32.2. The first-order chi connectivity index (χ1) is 9.80. The average Bonchev–Trinajstić information content (AvgIpc) is 2.88. The average molecular weight is 324 g/mol. The molecule has 0 saturated carbocycles. The van der Waals surface area contributed by atoms with Gasteiger partial charge in [0.25, 0.3) is 5.91 Å². The summed E-state index contributed by atoms with van der Waals surface area (Å²) in [7, 11) is -3.06. The number of benzene rings is 1. The summed E-state index contributed by atoms with van der Waals surface area (Å²) in [5, 5.41) is 3.70. The number of hydrogen-bond acceptors (Lipinski definition) is 5. The molecule has 0 bridgehead atoms. The van der Waals surface area contributed by atoms with Crippen LogP contribution in [-0.4, -0.2) is 31.4 Å².